The highest BCUT2D eigenvalue weighted by molar-refractivity contribution is 5.69. The molecule has 11 heteroatoms. The second kappa shape index (κ2) is 7.78. The van der Waals surface area contributed by atoms with Crippen LogP contribution in [0.15, 0.2) is 60.9 Å². The maximum atomic E-state index is 12.2. The summed E-state index contributed by atoms with van der Waals surface area (Å²) in [7, 11) is 0. The summed E-state index contributed by atoms with van der Waals surface area (Å²) in [6.07, 6.45) is -3.75. The summed E-state index contributed by atoms with van der Waals surface area (Å²) in [6, 6.07) is 12.9. The third-order valence-corrected chi connectivity index (χ3v) is 3.28. The Kier molecular flexibility index (Phi) is 5.25. The van der Waals surface area contributed by atoms with Gasteiger partial charge in [-0.3, -0.25) is 10.1 Å². The van der Waals surface area contributed by atoms with Gasteiger partial charge in [0.1, 0.15) is 17.8 Å². The van der Waals surface area contributed by atoms with Crippen molar-refractivity contribution in [2.75, 3.05) is 5.32 Å². The lowest BCUT2D eigenvalue weighted by molar-refractivity contribution is -0.385. The Bertz CT molecular complexity index is 966. The van der Waals surface area contributed by atoms with Gasteiger partial charge in [-0.1, -0.05) is 18.2 Å². The number of aromatic nitrogens is 2. The van der Waals surface area contributed by atoms with E-state index in [-0.39, 0.29) is 17.4 Å². The lowest BCUT2D eigenvalue weighted by Crippen LogP contribution is -2.17. The molecule has 144 valence electrons. The highest BCUT2D eigenvalue weighted by Gasteiger charge is 2.31. The van der Waals surface area contributed by atoms with E-state index in [9.17, 15) is 23.3 Å². The van der Waals surface area contributed by atoms with Gasteiger partial charge in [0.25, 0.3) is 0 Å². The molecule has 0 amide bonds. The Morgan fingerprint density at radius 3 is 2.25 bits per heavy atom. The fraction of sp³-hybridized carbons (Fsp3) is 0.0588. The van der Waals surface area contributed by atoms with E-state index in [1.165, 1.54) is 12.1 Å². The summed E-state index contributed by atoms with van der Waals surface area (Å²) in [5.41, 5.74) is -0.274. The SMILES string of the molecule is O=[N+]([O-])c1c(Nc2ccc(OC(F)(F)F)cc2)ncnc1Oc1ccccc1. The molecule has 0 aliphatic heterocycles. The zero-order valence-corrected chi connectivity index (χ0v) is 13.9. The molecule has 0 aliphatic rings. The first-order valence-corrected chi connectivity index (χ1v) is 7.67. The van der Waals surface area contributed by atoms with Crippen LogP contribution < -0.4 is 14.8 Å². The molecule has 28 heavy (non-hydrogen) atoms. The lowest BCUT2D eigenvalue weighted by atomic mass is 10.3. The molecule has 0 atom stereocenters. The number of nitro groups is 1. The molecule has 0 bridgehead atoms. The van der Waals surface area contributed by atoms with Crippen molar-refractivity contribution in [2.24, 2.45) is 0 Å². The van der Waals surface area contributed by atoms with Gasteiger partial charge in [-0.2, -0.15) is 4.98 Å². The summed E-state index contributed by atoms with van der Waals surface area (Å²) in [4.78, 5) is 18.4. The molecule has 1 heterocycles. The number of nitrogens with one attached hydrogen (secondary N) is 1. The summed E-state index contributed by atoms with van der Waals surface area (Å²) in [6.45, 7) is 0. The summed E-state index contributed by atoms with van der Waals surface area (Å²) in [5, 5.41) is 14.2. The van der Waals surface area contributed by atoms with Crippen molar-refractivity contribution in [1.82, 2.24) is 9.97 Å². The first-order valence-electron chi connectivity index (χ1n) is 7.67. The van der Waals surface area contributed by atoms with Crippen LogP contribution in [-0.4, -0.2) is 21.3 Å². The van der Waals surface area contributed by atoms with Crippen LogP contribution in [0.25, 0.3) is 0 Å². The van der Waals surface area contributed by atoms with Gasteiger partial charge in [-0.05, 0) is 36.4 Å². The standard InChI is InChI=1S/C17H11F3N4O4/c18-17(19,20)28-13-8-6-11(7-9-13)23-15-14(24(25)26)16(22-10-21-15)27-12-4-2-1-3-5-12/h1-10H,(H,21,22,23). The fourth-order valence-electron chi connectivity index (χ4n) is 2.17. The Labute approximate surface area is 155 Å². The highest BCUT2D eigenvalue weighted by Crippen LogP contribution is 2.35. The van der Waals surface area contributed by atoms with Crippen LogP contribution in [0.1, 0.15) is 0 Å². The van der Waals surface area contributed by atoms with Crippen LogP contribution in [-0.2, 0) is 0 Å². The van der Waals surface area contributed by atoms with E-state index in [0.717, 1.165) is 18.5 Å². The summed E-state index contributed by atoms with van der Waals surface area (Å²) < 4.78 is 45.8. The smallest absolute Gasteiger partial charge is 0.434 e. The normalized spacial score (nSPS) is 11.0. The number of halogens is 3. The van der Waals surface area contributed by atoms with Crippen LogP contribution in [0.4, 0.5) is 30.4 Å². The number of para-hydroxylation sites is 1. The molecule has 8 nitrogen and oxygen atoms in total. The van der Waals surface area contributed by atoms with Crippen molar-refractivity contribution in [3.63, 3.8) is 0 Å². The predicted molar refractivity (Wildman–Crippen MR) is 91.6 cm³/mol. The molecule has 0 unspecified atom stereocenters. The van der Waals surface area contributed by atoms with E-state index in [2.05, 4.69) is 20.0 Å². The van der Waals surface area contributed by atoms with Gasteiger partial charge in [-0.25, -0.2) is 4.98 Å². The van der Waals surface area contributed by atoms with Crippen LogP contribution in [0.5, 0.6) is 17.4 Å². The van der Waals surface area contributed by atoms with Crippen LogP contribution in [0, 0.1) is 10.1 Å². The number of benzene rings is 2. The minimum absolute atomic E-state index is 0.185. The molecule has 1 N–H and O–H groups in total. The predicted octanol–water partition coefficient (Wildman–Crippen LogP) is 4.82. The van der Waals surface area contributed by atoms with E-state index in [1.807, 2.05) is 0 Å². The van der Waals surface area contributed by atoms with E-state index >= 15 is 0 Å². The van der Waals surface area contributed by atoms with Gasteiger partial charge in [0, 0.05) is 5.69 Å². The van der Waals surface area contributed by atoms with Crippen LogP contribution in [0.2, 0.25) is 0 Å². The van der Waals surface area contributed by atoms with Gasteiger partial charge < -0.3 is 14.8 Å². The van der Waals surface area contributed by atoms with Crippen molar-refractivity contribution in [1.29, 1.82) is 0 Å². The highest BCUT2D eigenvalue weighted by atomic mass is 19.4. The maximum Gasteiger partial charge on any atom is 0.573 e. The van der Waals surface area contributed by atoms with Crippen molar-refractivity contribution in [3.8, 4) is 17.4 Å². The van der Waals surface area contributed by atoms with Gasteiger partial charge >= 0.3 is 17.9 Å². The summed E-state index contributed by atoms with van der Waals surface area (Å²) in [5.74, 6) is -0.562. The molecule has 3 aromatic rings. The van der Waals surface area contributed by atoms with E-state index in [0.29, 0.717) is 5.75 Å². The zero-order valence-electron chi connectivity index (χ0n) is 13.9. The number of anilines is 2. The van der Waals surface area contributed by atoms with Gasteiger partial charge in [0.15, 0.2) is 0 Å². The van der Waals surface area contributed by atoms with Gasteiger partial charge in [-0.15, -0.1) is 13.2 Å². The van der Waals surface area contributed by atoms with Crippen LogP contribution >= 0.6 is 0 Å². The molecule has 0 spiro atoms. The number of alkyl halides is 3. The molecule has 0 saturated heterocycles. The molecule has 0 fully saturated rings. The molecular formula is C17H11F3N4O4. The van der Waals surface area contributed by atoms with E-state index in [4.69, 9.17) is 4.74 Å². The Morgan fingerprint density at radius 2 is 1.64 bits per heavy atom. The van der Waals surface area contributed by atoms with E-state index in [1.54, 1.807) is 30.3 Å². The first kappa shape index (κ1) is 18.9. The zero-order chi connectivity index (χ0) is 20.1. The Morgan fingerprint density at radius 1 is 0.964 bits per heavy atom. The Hall–Kier alpha value is -3.89. The second-order valence-corrected chi connectivity index (χ2v) is 5.25. The van der Waals surface area contributed by atoms with Crippen molar-refractivity contribution < 1.29 is 27.6 Å². The molecule has 3 rings (SSSR count). The van der Waals surface area contributed by atoms with Crippen molar-refractivity contribution in [3.05, 3.63) is 71.0 Å². The molecule has 0 aliphatic carbocycles. The van der Waals surface area contributed by atoms with Gasteiger partial charge in [0.2, 0.25) is 5.82 Å². The van der Waals surface area contributed by atoms with Gasteiger partial charge in [0.05, 0.1) is 4.92 Å². The number of hydrogen-bond donors (Lipinski definition) is 1. The minimum atomic E-state index is -4.82. The van der Waals surface area contributed by atoms with E-state index < -0.39 is 22.7 Å². The van der Waals surface area contributed by atoms with Crippen LogP contribution in [0.3, 0.4) is 0 Å². The molecule has 0 saturated carbocycles. The second-order valence-electron chi connectivity index (χ2n) is 5.25. The largest absolute Gasteiger partial charge is 0.573 e. The molecule has 0 radical (unpaired) electrons. The minimum Gasteiger partial charge on any atom is -0.434 e. The molecule has 2 aromatic carbocycles. The number of nitrogens with zero attached hydrogens (tertiary/aromatic N) is 3. The molecular weight excluding hydrogens is 381 g/mol. The Balaban J connectivity index is 1.85. The topological polar surface area (TPSA) is 99.4 Å². The third-order valence-electron chi connectivity index (χ3n) is 3.28. The number of ether oxygens (including phenoxy) is 2. The average molecular weight is 392 g/mol. The van der Waals surface area contributed by atoms with Crippen molar-refractivity contribution in [2.45, 2.75) is 6.36 Å². The first-order chi connectivity index (χ1) is 13.3. The number of hydrogen-bond acceptors (Lipinski definition) is 7. The fourth-order valence-corrected chi connectivity index (χ4v) is 2.17. The quantitative estimate of drug-likeness (QED) is 0.474. The lowest BCUT2D eigenvalue weighted by Gasteiger charge is -2.11. The average Bonchev–Trinajstić information content (AvgIpc) is 2.63. The maximum absolute atomic E-state index is 12.2. The summed E-state index contributed by atoms with van der Waals surface area (Å²) >= 11 is 0. The monoisotopic (exact) mass is 392 g/mol. The number of rotatable bonds is 6. The molecule has 1 aromatic heterocycles. The third kappa shape index (κ3) is 4.84. The van der Waals surface area contributed by atoms with Crippen molar-refractivity contribution >= 4 is 17.2 Å².